The Bertz CT molecular complexity index is 838. The van der Waals surface area contributed by atoms with E-state index in [1.165, 1.54) is 0 Å². The summed E-state index contributed by atoms with van der Waals surface area (Å²) >= 11 is 3.45. The maximum Gasteiger partial charge on any atom is 0.229 e. The van der Waals surface area contributed by atoms with Gasteiger partial charge in [-0.25, -0.2) is 0 Å². The summed E-state index contributed by atoms with van der Waals surface area (Å²) in [6, 6.07) is 13.1. The lowest BCUT2D eigenvalue weighted by Gasteiger charge is -2.18. The van der Waals surface area contributed by atoms with Crippen LogP contribution < -0.4 is 15.0 Å². The number of anilines is 2. The first-order valence-electron chi connectivity index (χ1n) is 8.55. The number of nitrogens with zero attached hydrogens (tertiary/aromatic N) is 1. The van der Waals surface area contributed by atoms with Crippen LogP contribution in [0.15, 0.2) is 46.9 Å². The number of aryl methyl sites for hydroxylation is 1. The molecule has 2 amide bonds. The minimum absolute atomic E-state index is 0.0510. The molecule has 2 aromatic rings. The lowest BCUT2D eigenvalue weighted by molar-refractivity contribution is -0.122. The lowest BCUT2D eigenvalue weighted by Crippen LogP contribution is -2.28. The van der Waals surface area contributed by atoms with Gasteiger partial charge in [0.2, 0.25) is 11.8 Å². The molecular weight excluding hydrogens is 396 g/mol. The zero-order valence-electron chi connectivity index (χ0n) is 14.8. The van der Waals surface area contributed by atoms with E-state index in [0.717, 1.165) is 27.8 Å². The van der Waals surface area contributed by atoms with E-state index in [0.29, 0.717) is 12.3 Å². The van der Waals surface area contributed by atoms with Crippen molar-refractivity contribution < 1.29 is 14.3 Å². The number of methoxy groups -OCH3 is 1. The topological polar surface area (TPSA) is 58.6 Å². The van der Waals surface area contributed by atoms with Crippen molar-refractivity contribution in [3.05, 3.63) is 52.5 Å². The summed E-state index contributed by atoms with van der Waals surface area (Å²) in [5, 5.41) is 2.98. The summed E-state index contributed by atoms with van der Waals surface area (Å²) in [6.45, 7) is 2.41. The van der Waals surface area contributed by atoms with Crippen LogP contribution in [-0.2, 0) is 16.0 Å². The highest BCUT2D eigenvalue weighted by Gasteiger charge is 2.35. The number of ether oxygens (including phenoxy) is 1. The van der Waals surface area contributed by atoms with Crippen molar-refractivity contribution in [2.75, 3.05) is 23.9 Å². The number of halogens is 1. The molecule has 1 fully saturated rings. The molecule has 0 bridgehead atoms. The molecule has 0 spiro atoms. The Balaban J connectivity index is 1.73. The van der Waals surface area contributed by atoms with Gasteiger partial charge < -0.3 is 15.0 Å². The van der Waals surface area contributed by atoms with Crippen LogP contribution in [0.3, 0.4) is 0 Å². The Morgan fingerprint density at radius 3 is 2.85 bits per heavy atom. The number of benzene rings is 2. The molecular formula is C20H21BrN2O3. The summed E-state index contributed by atoms with van der Waals surface area (Å²) in [7, 11) is 1.59. The Labute approximate surface area is 161 Å². The molecule has 3 rings (SSSR count). The van der Waals surface area contributed by atoms with Crippen LogP contribution >= 0.6 is 15.9 Å². The van der Waals surface area contributed by atoms with Gasteiger partial charge in [-0.05, 0) is 42.3 Å². The Hall–Kier alpha value is -2.34. The van der Waals surface area contributed by atoms with Gasteiger partial charge in [0.1, 0.15) is 5.75 Å². The van der Waals surface area contributed by atoms with Gasteiger partial charge in [0, 0.05) is 34.9 Å². The van der Waals surface area contributed by atoms with E-state index in [4.69, 9.17) is 4.74 Å². The van der Waals surface area contributed by atoms with Gasteiger partial charge in [0.15, 0.2) is 0 Å². The molecule has 0 aromatic heterocycles. The second-order valence-electron chi connectivity index (χ2n) is 6.25. The predicted molar refractivity (Wildman–Crippen MR) is 106 cm³/mol. The molecule has 6 heteroatoms. The highest BCUT2D eigenvalue weighted by molar-refractivity contribution is 9.10. The summed E-state index contributed by atoms with van der Waals surface area (Å²) in [6.07, 6.45) is 1.02. The van der Waals surface area contributed by atoms with E-state index in [-0.39, 0.29) is 24.2 Å². The standard InChI is InChI=1S/C20H21BrN2O3/c1-3-13-9-15(21)7-8-18(13)22-20(25)14-10-19(24)23(12-14)16-5-4-6-17(11-16)26-2/h4-9,11,14H,3,10,12H2,1-2H3,(H,22,25)/t14-/m1/s1. The van der Waals surface area contributed by atoms with Crippen LogP contribution in [0.5, 0.6) is 5.75 Å². The molecule has 26 heavy (non-hydrogen) atoms. The molecule has 0 unspecified atom stereocenters. The van der Waals surface area contributed by atoms with E-state index in [2.05, 4.69) is 21.2 Å². The third kappa shape index (κ3) is 3.90. The van der Waals surface area contributed by atoms with Gasteiger partial charge in [-0.1, -0.05) is 28.9 Å². The van der Waals surface area contributed by atoms with Crippen molar-refractivity contribution in [1.82, 2.24) is 0 Å². The lowest BCUT2D eigenvalue weighted by atomic mass is 10.1. The van der Waals surface area contributed by atoms with Gasteiger partial charge in [-0.2, -0.15) is 0 Å². The number of nitrogens with one attached hydrogen (secondary N) is 1. The van der Waals surface area contributed by atoms with Gasteiger partial charge in [-0.3, -0.25) is 9.59 Å². The van der Waals surface area contributed by atoms with Gasteiger partial charge in [0.05, 0.1) is 13.0 Å². The third-order valence-electron chi connectivity index (χ3n) is 4.57. The van der Waals surface area contributed by atoms with Crippen molar-refractivity contribution in [2.24, 2.45) is 5.92 Å². The molecule has 0 aliphatic carbocycles. The number of rotatable bonds is 5. The van der Waals surface area contributed by atoms with Crippen molar-refractivity contribution in [2.45, 2.75) is 19.8 Å². The minimum atomic E-state index is -0.373. The highest BCUT2D eigenvalue weighted by atomic mass is 79.9. The maximum absolute atomic E-state index is 12.7. The largest absolute Gasteiger partial charge is 0.497 e. The fraction of sp³-hybridized carbons (Fsp3) is 0.300. The predicted octanol–water partition coefficient (Wildman–Crippen LogP) is 4.01. The molecule has 0 radical (unpaired) electrons. The number of carbonyl (C=O) groups excluding carboxylic acids is 2. The highest BCUT2D eigenvalue weighted by Crippen LogP contribution is 2.29. The zero-order valence-corrected chi connectivity index (χ0v) is 16.4. The number of hydrogen-bond acceptors (Lipinski definition) is 3. The molecule has 136 valence electrons. The van der Waals surface area contributed by atoms with Crippen molar-refractivity contribution in [1.29, 1.82) is 0 Å². The summed E-state index contributed by atoms with van der Waals surface area (Å²) in [4.78, 5) is 26.7. The number of carbonyl (C=O) groups is 2. The molecule has 5 nitrogen and oxygen atoms in total. The second kappa shape index (κ2) is 7.91. The SMILES string of the molecule is CCc1cc(Br)ccc1NC(=O)[C@@H]1CC(=O)N(c2cccc(OC)c2)C1. The smallest absolute Gasteiger partial charge is 0.229 e. The van der Waals surface area contributed by atoms with Crippen LogP contribution in [0, 0.1) is 5.92 Å². The summed E-state index contributed by atoms with van der Waals surface area (Å²) in [5.74, 6) is 0.137. The normalized spacial score (nSPS) is 16.7. The van der Waals surface area contributed by atoms with E-state index in [1.807, 2.05) is 49.4 Å². The average molecular weight is 417 g/mol. The molecule has 1 heterocycles. The number of hydrogen-bond donors (Lipinski definition) is 1. The van der Waals surface area contributed by atoms with Crippen molar-refractivity contribution in [3.8, 4) is 5.75 Å². The monoisotopic (exact) mass is 416 g/mol. The minimum Gasteiger partial charge on any atom is -0.497 e. The van der Waals surface area contributed by atoms with Crippen LogP contribution in [0.4, 0.5) is 11.4 Å². The molecule has 0 saturated carbocycles. The maximum atomic E-state index is 12.7. The second-order valence-corrected chi connectivity index (χ2v) is 7.17. The van der Waals surface area contributed by atoms with Crippen molar-refractivity contribution >= 4 is 39.1 Å². The molecule has 1 aliphatic rings. The Morgan fingerprint density at radius 2 is 2.12 bits per heavy atom. The van der Waals surface area contributed by atoms with Crippen LogP contribution in [0.25, 0.3) is 0 Å². The van der Waals surface area contributed by atoms with Crippen LogP contribution in [0.2, 0.25) is 0 Å². The van der Waals surface area contributed by atoms with Crippen molar-refractivity contribution in [3.63, 3.8) is 0 Å². The third-order valence-corrected chi connectivity index (χ3v) is 5.06. The summed E-state index contributed by atoms with van der Waals surface area (Å²) in [5.41, 5.74) is 2.61. The van der Waals surface area contributed by atoms with Gasteiger partial charge >= 0.3 is 0 Å². The van der Waals surface area contributed by atoms with E-state index >= 15 is 0 Å². The van der Waals surface area contributed by atoms with Gasteiger partial charge in [-0.15, -0.1) is 0 Å². The van der Waals surface area contributed by atoms with Gasteiger partial charge in [0.25, 0.3) is 0 Å². The first-order chi connectivity index (χ1) is 12.5. The fourth-order valence-corrected chi connectivity index (χ4v) is 3.53. The molecule has 2 aromatic carbocycles. The zero-order chi connectivity index (χ0) is 18.7. The average Bonchev–Trinajstić information content (AvgIpc) is 3.05. The molecule has 1 N–H and O–H groups in total. The molecule has 1 atom stereocenters. The molecule has 1 aliphatic heterocycles. The molecule has 1 saturated heterocycles. The summed E-state index contributed by atoms with van der Waals surface area (Å²) < 4.78 is 6.20. The Morgan fingerprint density at radius 1 is 1.31 bits per heavy atom. The quantitative estimate of drug-likeness (QED) is 0.800. The number of amides is 2. The van der Waals surface area contributed by atoms with Crippen LogP contribution in [-0.4, -0.2) is 25.5 Å². The van der Waals surface area contributed by atoms with Crippen LogP contribution in [0.1, 0.15) is 18.9 Å². The van der Waals surface area contributed by atoms with E-state index in [1.54, 1.807) is 12.0 Å². The Kier molecular flexibility index (Phi) is 5.61. The first kappa shape index (κ1) is 18.5. The van der Waals surface area contributed by atoms with E-state index < -0.39 is 0 Å². The first-order valence-corrected chi connectivity index (χ1v) is 9.34. The van der Waals surface area contributed by atoms with E-state index in [9.17, 15) is 9.59 Å². The fourth-order valence-electron chi connectivity index (χ4n) is 3.12.